The van der Waals surface area contributed by atoms with E-state index in [4.69, 9.17) is 14.2 Å². The van der Waals surface area contributed by atoms with Gasteiger partial charge in [0.05, 0.1) is 6.10 Å². The molecule has 0 radical (unpaired) electrons. The van der Waals surface area contributed by atoms with Gasteiger partial charge in [0.15, 0.2) is 11.5 Å². The number of ether oxygens (including phenoxy) is 3. The number of nitrogens with one attached hydrogen (secondary N) is 1. The normalized spacial score (nSPS) is 15.6. The van der Waals surface area contributed by atoms with Crippen LogP contribution in [0.5, 0.6) is 17.2 Å². The number of hydrogen-bond acceptors (Lipinski definition) is 4. The highest BCUT2D eigenvalue weighted by molar-refractivity contribution is 5.81. The molecule has 1 aliphatic rings. The summed E-state index contributed by atoms with van der Waals surface area (Å²) < 4.78 is 16.9. The predicted molar refractivity (Wildman–Crippen MR) is 99.9 cm³/mol. The number of carbonyl (C=O) groups excluding carboxylic acids is 1. The largest absolute Gasteiger partial charge is 0.491 e. The molecule has 5 heteroatoms. The summed E-state index contributed by atoms with van der Waals surface area (Å²) in [5.74, 6) is 2.04. The molecule has 3 rings (SSSR count). The molecular formula is C21H25NO4. The molecule has 2 aromatic carbocycles. The van der Waals surface area contributed by atoms with Gasteiger partial charge in [0, 0.05) is 6.54 Å². The van der Waals surface area contributed by atoms with Gasteiger partial charge in [-0.15, -0.1) is 0 Å². The van der Waals surface area contributed by atoms with Gasteiger partial charge in [0.25, 0.3) is 5.91 Å². The lowest BCUT2D eigenvalue weighted by Gasteiger charge is -2.25. The van der Waals surface area contributed by atoms with E-state index in [0.29, 0.717) is 18.0 Å². The Hall–Kier alpha value is -2.69. The number of benzene rings is 2. The average molecular weight is 355 g/mol. The van der Waals surface area contributed by atoms with Gasteiger partial charge in [-0.3, -0.25) is 4.79 Å². The Kier molecular flexibility index (Phi) is 6.00. The van der Waals surface area contributed by atoms with Gasteiger partial charge in [0.1, 0.15) is 12.4 Å². The Labute approximate surface area is 154 Å². The van der Waals surface area contributed by atoms with Gasteiger partial charge in [-0.1, -0.05) is 24.3 Å². The molecule has 5 nitrogen and oxygen atoms in total. The van der Waals surface area contributed by atoms with Gasteiger partial charge in [-0.2, -0.15) is 0 Å². The van der Waals surface area contributed by atoms with Gasteiger partial charge in [-0.05, 0) is 56.5 Å². The highest BCUT2D eigenvalue weighted by atomic mass is 16.6. The van der Waals surface area contributed by atoms with E-state index in [-0.39, 0.29) is 18.6 Å². The van der Waals surface area contributed by atoms with Crippen molar-refractivity contribution in [1.82, 2.24) is 5.32 Å². The zero-order chi connectivity index (χ0) is 18.4. The van der Waals surface area contributed by atoms with E-state index in [9.17, 15) is 4.79 Å². The first-order valence-corrected chi connectivity index (χ1v) is 9.03. The van der Waals surface area contributed by atoms with Crippen LogP contribution in [-0.2, 0) is 11.2 Å². The molecule has 26 heavy (non-hydrogen) atoms. The third kappa shape index (κ3) is 4.91. The monoisotopic (exact) mass is 355 g/mol. The standard InChI is InChI=1S/C21H25NO4/c1-15(2)25-17-11-9-16(10-12-17)6-5-13-22-21(23)20-14-24-18-7-3-4-8-19(18)26-20/h3-4,7-12,15,20H,5-6,13-14H2,1-2H3,(H,22,23)/t20-/m0/s1. The van der Waals surface area contributed by atoms with Gasteiger partial charge >= 0.3 is 0 Å². The first kappa shape index (κ1) is 18.1. The molecule has 0 saturated heterocycles. The van der Waals surface area contributed by atoms with Gasteiger partial charge < -0.3 is 19.5 Å². The molecule has 1 atom stereocenters. The lowest BCUT2D eigenvalue weighted by atomic mass is 10.1. The van der Waals surface area contributed by atoms with Crippen molar-refractivity contribution in [2.24, 2.45) is 0 Å². The molecule has 0 aromatic heterocycles. The number of rotatable bonds is 7. The minimum absolute atomic E-state index is 0.139. The molecule has 1 aliphatic heterocycles. The molecule has 1 amide bonds. The number of carbonyl (C=O) groups is 1. The smallest absolute Gasteiger partial charge is 0.264 e. The highest BCUT2D eigenvalue weighted by Crippen LogP contribution is 2.30. The highest BCUT2D eigenvalue weighted by Gasteiger charge is 2.26. The first-order valence-electron chi connectivity index (χ1n) is 9.03. The number of aryl methyl sites for hydroxylation is 1. The van der Waals surface area contributed by atoms with Crippen molar-refractivity contribution in [3.63, 3.8) is 0 Å². The van der Waals surface area contributed by atoms with Crippen LogP contribution in [0.15, 0.2) is 48.5 Å². The van der Waals surface area contributed by atoms with Crippen LogP contribution in [0, 0.1) is 0 Å². The number of fused-ring (bicyclic) bond motifs is 1. The fourth-order valence-electron chi connectivity index (χ4n) is 2.77. The lowest BCUT2D eigenvalue weighted by molar-refractivity contribution is -0.130. The van der Waals surface area contributed by atoms with Crippen molar-refractivity contribution in [3.8, 4) is 17.2 Å². The Balaban J connectivity index is 1.39. The van der Waals surface area contributed by atoms with Crippen LogP contribution >= 0.6 is 0 Å². The molecular weight excluding hydrogens is 330 g/mol. The molecule has 0 aliphatic carbocycles. The Morgan fingerprint density at radius 1 is 1.15 bits per heavy atom. The SMILES string of the molecule is CC(C)Oc1ccc(CCCNC(=O)[C@@H]2COc3ccccc3O2)cc1. The molecule has 1 heterocycles. The lowest BCUT2D eigenvalue weighted by Crippen LogP contribution is -2.44. The summed E-state index contributed by atoms with van der Waals surface area (Å²) in [6, 6.07) is 15.5. The second-order valence-electron chi connectivity index (χ2n) is 6.57. The molecule has 0 spiro atoms. The van der Waals surface area contributed by atoms with Crippen LogP contribution in [0.25, 0.3) is 0 Å². The Morgan fingerprint density at radius 3 is 2.62 bits per heavy atom. The molecule has 0 fully saturated rings. The summed E-state index contributed by atoms with van der Waals surface area (Å²) in [5.41, 5.74) is 1.22. The zero-order valence-electron chi connectivity index (χ0n) is 15.2. The fraction of sp³-hybridized carbons (Fsp3) is 0.381. The summed E-state index contributed by atoms with van der Waals surface area (Å²) in [6.07, 6.45) is 1.33. The van der Waals surface area contributed by atoms with Crippen LogP contribution in [0.4, 0.5) is 0 Å². The third-order valence-electron chi connectivity index (χ3n) is 4.04. The number of hydrogen-bond donors (Lipinski definition) is 1. The summed E-state index contributed by atoms with van der Waals surface area (Å²) in [4.78, 5) is 12.2. The van der Waals surface area contributed by atoms with Crippen LogP contribution in [0.2, 0.25) is 0 Å². The van der Waals surface area contributed by atoms with Crippen LogP contribution in [0.3, 0.4) is 0 Å². The maximum Gasteiger partial charge on any atom is 0.264 e. The van der Waals surface area contributed by atoms with Gasteiger partial charge in [-0.25, -0.2) is 0 Å². The maximum atomic E-state index is 12.2. The minimum Gasteiger partial charge on any atom is -0.491 e. The second-order valence-corrected chi connectivity index (χ2v) is 6.57. The van der Waals surface area contributed by atoms with E-state index in [1.165, 1.54) is 5.56 Å². The second kappa shape index (κ2) is 8.61. The first-order chi connectivity index (χ1) is 12.6. The molecule has 1 N–H and O–H groups in total. The third-order valence-corrected chi connectivity index (χ3v) is 4.04. The van der Waals surface area contributed by atoms with E-state index < -0.39 is 6.10 Å². The molecule has 0 bridgehead atoms. The van der Waals surface area contributed by atoms with E-state index >= 15 is 0 Å². The molecule has 0 saturated carbocycles. The molecule has 2 aromatic rings. The summed E-state index contributed by atoms with van der Waals surface area (Å²) >= 11 is 0. The molecule has 0 unspecified atom stereocenters. The van der Waals surface area contributed by atoms with Crippen LogP contribution < -0.4 is 19.5 Å². The van der Waals surface area contributed by atoms with Crippen molar-refractivity contribution in [1.29, 1.82) is 0 Å². The van der Waals surface area contributed by atoms with Crippen LogP contribution in [-0.4, -0.2) is 31.3 Å². The summed E-state index contributed by atoms with van der Waals surface area (Å²) in [5, 5.41) is 2.92. The predicted octanol–water partition coefficient (Wildman–Crippen LogP) is 3.36. The Bertz CT molecular complexity index is 727. The summed E-state index contributed by atoms with van der Waals surface area (Å²) in [6.45, 7) is 4.86. The topological polar surface area (TPSA) is 56.8 Å². The zero-order valence-corrected chi connectivity index (χ0v) is 15.2. The van der Waals surface area contributed by atoms with Crippen molar-refractivity contribution >= 4 is 5.91 Å². The van der Waals surface area contributed by atoms with Crippen LogP contribution in [0.1, 0.15) is 25.8 Å². The quantitative estimate of drug-likeness (QED) is 0.774. The minimum atomic E-state index is -0.600. The van der Waals surface area contributed by atoms with Crippen molar-refractivity contribution in [2.75, 3.05) is 13.2 Å². The van der Waals surface area contributed by atoms with Crippen molar-refractivity contribution < 1.29 is 19.0 Å². The molecule has 138 valence electrons. The van der Waals surface area contributed by atoms with E-state index in [1.54, 1.807) is 6.07 Å². The maximum absolute atomic E-state index is 12.2. The van der Waals surface area contributed by atoms with Crippen molar-refractivity contribution in [3.05, 3.63) is 54.1 Å². The Morgan fingerprint density at radius 2 is 1.88 bits per heavy atom. The van der Waals surface area contributed by atoms with E-state index in [1.807, 2.05) is 44.2 Å². The number of para-hydroxylation sites is 2. The van der Waals surface area contributed by atoms with E-state index in [2.05, 4.69) is 17.4 Å². The van der Waals surface area contributed by atoms with E-state index in [0.717, 1.165) is 18.6 Å². The summed E-state index contributed by atoms with van der Waals surface area (Å²) in [7, 11) is 0. The van der Waals surface area contributed by atoms with Gasteiger partial charge in [0.2, 0.25) is 6.10 Å². The van der Waals surface area contributed by atoms with Crippen molar-refractivity contribution in [2.45, 2.75) is 38.9 Å². The number of amides is 1. The fourth-order valence-corrected chi connectivity index (χ4v) is 2.77. The average Bonchev–Trinajstić information content (AvgIpc) is 2.65.